The lowest BCUT2D eigenvalue weighted by Crippen LogP contribution is -2.69. The zero-order valence-corrected chi connectivity index (χ0v) is 18.0. The summed E-state index contributed by atoms with van der Waals surface area (Å²) in [5.74, 6) is -2.72. The van der Waals surface area contributed by atoms with Gasteiger partial charge in [-0.3, -0.25) is 5.32 Å². The SMILES string of the molecule is COC(=O)C(NC(=O)Nc1ccc(OC(F)(F)F)cc1)(Nc1cc(Cl)ccc1OC)C(F)(F)F. The molecule has 1 atom stereocenters. The van der Waals surface area contributed by atoms with Gasteiger partial charge in [-0.15, -0.1) is 13.2 Å². The van der Waals surface area contributed by atoms with E-state index in [1.807, 2.05) is 10.6 Å². The van der Waals surface area contributed by atoms with Gasteiger partial charge in [0.05, 0.1) is 19.9 Å². The lowest BCUT2D eigenvalue weighted by atomic mass is 10.1. The van der Waals surface area contributed by atoms with E-state index in [2.05, 4.69) is 9.47 Å². The number of alkyl halides is 6. The molecular formula is C19H16ClF6N3O5. The predicted octanol–water partition coefficient (Wildman–Crippen LogP) is 4.91. The zero-order valence-electron chi connectivity index (χ0n) is 17.2. The molecule has 0 aromatic heterocycles. The summed E-state index contributed by atoms with van der Waals surface area (Å²) < 4.78 is 92.0. The van der Waals surface area contributed by atoms with Crippen LogP contribution in [0.1, 0.15) is 0 Å². The largest absolute Gasteiger partial charge is 0.573 e. The highest BCUT2D eigenvalue weighted by atomic mass is 35.5. The standard InChI is InChI=1S/C19H16ClF6N3O5/c1-32-14-8-3-10(20)9-13(14)28-17(15(30)33-2,18(21,22)23)29-16(31)27-11-4-6-12(7-5-11)34-19(24,25)26/h3-9,28H,1-2H3,(H2,27,29,31). The number of urea groups is 1. The summed E-state index contributed by atoms with van der Waals surface area (Å²) >= 11 is 5.82. The average molecular weight is 516 g/mol. The summed E-state index contributed by atoms with van der Waals surface area (Å²) in [6, 6.07) is 5.48. The van der Waals surface area contributed by atoms with E-state index in [9.17, 15) is 35.9 Å². The molecule has 2 rings (SSSR count). The Balaban J connectivity index is 2.36. The van der Waals surface area contributed by atoms with Crippen LogP contribution in [-0.4, -0.2) is 44.4 Å². The van der Waals surface area contributed by atoms with Crippen molar-refractivity contribution in [2.75, 3.05) is 24.9 Å². The van der Waals surface area contributed by atoms with Crippen LogP contribution in [0.3, 0.4) is 0 Å². The molecule has 2 aromatic carbocycles. The monoisotopic (exact) mass is 515 g/mol. The van der Waals surface area contributed by atoms with Gasteiger partial charge in [-0.1, -0.05) is 11.6 Å². The molecule has 0 saturated heterocycles. The molecule has 0 radical (unpaired) electrons. The van der Waals surface area contributed by atoms with Crippen molar-refractivity contribution in [2.45, 2.75) is 18.2 Å². The molecule has 0 aliphatic carbocycles. The Hall–Kier alpha value is -3.55. The fourth-order valence-corrected chi connectivity index (χ4v) is 2.77. The second-order valence-electron chi connectivity index (χ2n) is 6.36. The van der Waals surface area contributed by atoms with Gasteiger partial charge < -0.3 is 24.8 Å². The van der Waals surface area contributed by atoms with Crippen LogP contribution >= 0.6 is 11.6 Å². The van der Waals surface area contributed by atoms with Crippen LogP contribution in [0.2, 0.25) is 5.02 Å². The van der Waals surface area contributed by atoms with Crippen LogP contribution in [0.4, 0.5) is 42.5 Å². The van der Waals surface area contributed by atoms with Gasteiger partial charge >= 0.3 is 30.2 Å². The molecular weight excluding hydrogens is 500 g/mol. The number of benzene rings is 2. The lowest BCUT2D eigenvalue weighted by molar-refractivity contribution is -0.274. The number of nitrogens with one attached hydrogen (secondary N) is 3. The molecule has 0 fully saturated rings. The first kappa shape index (κ1) is 26.7. The van der Waals surface area contributed by atoms with Crippen molar-refractivity contribution in [1.82, 2.24) is 5.32 Å². The van der Waals surface area contributed by atoms with Crippen LogP contribution in [0.25, 0.3) is 0 Å². The highest BCUT2D eigenvalue weighted by molar-refractivity contribution is 6.31. The normalized spacial score (nSPS) is 13.3. The van der Waals surface area contributed by atoms with Gasteiger partial charge in [0, 0.05) is 10.7 Å². The number of esters is 1. The van der Waals surface area contributed by atoms with Crippen LogP contribution < -0.4 is 25.4 Å². The average Bonchev–Trinajstić information content (AvgIpc) is 2.72. The number of methoxy groups -OCH3 is 2. The third-order valence-corrected chi connectivity index (χ3v) is 4.28. The number of ether oxygens (including phenoxy) is 3. The van der Waals surface area contributed by atoms with E-state index in [0.29, 0.717) is 7.11 Å². The first-order valence-corrected chi connectivity index (χ1v) is 9.30. The number of anilines is 2. The molecule has 34 heavy (non-hydrogen) atoms. The number of hydrogen-bond acceptors (Lipinski definition) is 6. The minimum Gasteiger partial charge on any atom is -0.495 e. The van der Waals surface area contributed by atoms with E-state index >= 15 is 0 Å². The van der Waals surface area contributed by atoms with E-state index in [-0.39, 0.29) is 16.5 Å². The van der Waals surface area contributed by atoms with Crippen molar-refractivity contribution in [1.29, 1.82) is 0 Å². The molecule has 0 aliphatic heterocycles. The summed E-state index contributed by atoms with van der Waals surface area (Å²) in [6.45, 7) is 0. The number of carbonyl (C=O) groups excluding carboxylic acids is 2. The maximum absolute atomic E-state index is 14.1. The quantitative estimate of drug-likeness (QED) is 0.275. The van der Waals surface area contributed by atoms with Gasteiger partial charge in [0.2, 0.25) is 0 Å². The fraction of sp³-hybridized carbons (Fsp3) is 0.263. The molecule has 186 valence electrons. The van der Waals surface area contributed by atoms with Crippen molar-refractivity contribution in [3.8, 4) is 11.5 Å². The van der Waals surface area contributed by atoms with Crippen molar-refractivity contribution < 1.29 is 50.1 Å². The van der Waals surface area contributed by atoms with E-state index < -0.39 is 41.6 Å². The number of halogens is 7. The topological polar surface area (TPSA) is 97.9 Å². The molecule has 0 aliphatic rings. The molecule has 3 N–H and O–H groups in total. The third-order valence-electron chi connectivity index (χ3n) is 4.05. The van der Waals surface area contributed by atoms with Crippen LogP contribution in [0.15, 0.2) is 42.5 Å². The first-order chi connectivity index (χ1) is 15.7. The van der Waals surface area contributed by atoms with E-state index in [4.69, 9.17) is 16.3 Å². The Bertz CT molecular complexity index is 1030. The van der Waals surface area contributed by atoms with Crippen LogP contribution in [-0.2, 0) is 9.53 Å². The van der Waals surface area contributed by atoms with Gasteiger partial charge in [0.25, 0.3) is 0 Å². The first-order valence-electron chi connectivity index (χ1n) is 8.92. The Morgan fingerprint density at radius 1 is 0.941 bits per heavy atom. The van der Waals surface area contributed by atoms with Gasteiger partial charge in [-0.2, -0.15) is 13.2 Å². The molecule has 2 aromatic rings. The van der Waals surface area contributed by atoms with E-state index in [0.717, 1.165) is 37.4 Å². The highest BCUT2D eigenvalue weighted by Crippen LogP contribution is 2.37. The van der Waals surface area contributed by atoms with Crippen molar-refractivity contribution in [2.24, 2.45) is 0 Å². The van der Waals surface area contributed by atoms with E-state index in [1.54, 1.807) is 0 Å². The summed E-state index contributed by atoms with van der Waals surface area (Å²) in [7, 11) is 1.81. The minimum atomic E-state index is -5.46. The summed E-state index contributed by atoms with van der Waals surface area (Å²) in [5.41, 5.74) is -4.44. The number of rotatable bonds is 7. The third kappa shape index (κ3) is 6.50. The predicted molar refractivity (Wildman–Crippen MR) is 108 cm³/mol. The summed E-state index contributed by atoms with van der Waals surface area (Å²) in [6.07, 6.45) is -10.4. The summed E-state index contributed by atoms with van der Waals surface area (Å²) in [5, 5.41) is 5.29. The second kappa shape index (κ2) is 10.2. The van der Waals surface area contributed by atoms with Crippen LogP contribution in [0.5, 0.6) is 11.5 Å². The van der Waals surface area contributed by atoms with Gasteiger partial charge in [0.1, 0.15) is 11.5 Å². The maximum atomic E-state index is 14.1. The summed E-state index contributed by atoms with van der Waals surface area (Å²) in [4.78, 5) is 24.7. The zero-order chi connectivity index (χ0) is 25.7. The minimum absolute atomic E-state index is 0.0187. The van der Waals surface area contributed by atoms with Crippen molar-refractivity contribution >= 4 is 35.0 Å². The second-order valence-corrected chi connectivity index (χ2v) is 6.80. The van der Waals surface area contributed by atoms with Gasteiger partial charge in [-0.05, 0) is 42.5 Å². The van der Waals surface area contributed by atoms with Gasteiger partial charge in [-0.25, -0.2) is 9.59 Å². The van der Waals surface area contributed by atoms with Crippen molar-refractivity contribution in [3.05, 3.63) is 47.5 Å². The molecule has 1 unspecified atom stereocenters. The molecule has 0 heterocycles. The van der Waals surface area contributed by atoms with Crippen molar-refractivity contribution in [3.63, 3.8) is 0 Å². The highest BCUT2D eigenvalue weighted by Gasteiger charge is 2.64. The Labute approximate surface area is 193 Å². The van der Waals surface area contributed by atoms with E-state index in [1.165, 1.54) is 17.4 Å². The molecule has 0 saturated carbocycles. The Morgan fingerprint density at radius 2 is 1.56 bits per heavy atom. The maximum Gasteiger partial charge on any atom is 0.573 e. The fourth-order valence-electron chi connectivity index (χ4n) is 2.60. The Morgan fingerprint density at radius 3 is 2.06 bits per heavy atom. The molecule has 0 spiro atoms. The number of hydrogen-bond donors (Lipinski definition) is 3. The Kier molecular flexibility index (Phi) is 7.97. The molecule has 15 heteroatoms. The molecule has 2 amide bonds. The van der Waals surface area contributed by atoms with Gasteiger partial charge in [0.15, 0.2) is 0 Å². The number of amides is 2. The lowest BCUT2D eigenvalue weighted by Gasteiger charge is -2.35. The smallest absolute Gasteiger partial charge is 0.495 e. The molecule has 8 nitrogen and oxygen atoms in total. The number of carbonyl (C=O) groups is 2. The molecule has 0 bridgehead atoms. The van der Waals surface area contributed by atoms with Crippen LogP contribution in [0, 0.1) is 0 Å².